The van der Waals surface area contributed by atoms with Crippen molar-refractivity contribution < 1.29 is 89.7 Å². The number of fused-ring (bicyclic) bond motifs is 18. The molecule has 25 heteroatoms. The molecule has 8 bridgehead atoms. The first-order valence-corrected chi connectivity index (χ1v) is 14.8. The molecule has 4 aromatic rings. The first-order chi connectivity index (χ1) is 26.4. The van der Waals surface area contributed by atoms with Gasteiger partial charge in [-0.1, -0.05) is 0 Å². The summed E-state index contributed by atoms with van der Waals surface area (Å²) >= 11 is 0. The van der Waals surface area contributed by atoms with E-state index >= 15 is 35.1 Å². The molecule has 5 heterocycles. The molecule has 2 unspecified atom stereocenters. The fraction of sp³-hybridized carbons (Fsp3) is 0.0625. The van der Waals surface area contributed by atoms with Gasteiger partial charge in [-0.2, -0.15) is 0 Å². The van der Waals surface area contributed by atoms with Gasteiger partial charge in [0.2, 0.25) is 0 Å². The topological polar surface area (TPSA) is 106 Å². The maximum Gasteiger partial charge on any atom is 2.00 e. The Morgan fingerprint density at radius 3 is 1.42 bits per heavy atom. The molecule has 284 valence electrons. The van der Waals surface area contributed by atoms with Crippen LogP contribution >= 0.6 is 0 Å². The van der Waals surface area contributed by atoms with Crippen molar-refractivity contribution in [1.82, 2.24) is 39.9 Å². The molecule has 8 nitrogen and oxygen atoms in total. The predicted octanol–water partition coefficient (Wildman–Crippen LogP) is 6.97. The largest absolute Gasteiger partial charge is 2.00 e. The van der Waals surface area contributed by atoms with Crippen molar-refractivity contribution >= 4 is 33.2 Å². The summed E-state index contributed by atoms with van der Waals surface area (Å²) in [6.45, 7) is 0. The van der Waals surface area contributed by atoms with Gasteiger partial charge in [-0.15, -0.1) is 0 Å². The first kappa shape index (κ1) is 37.9. The van der Waals surface area contributed by atoms with Crippen LogP contribution in [0, 0.1) is 46.5 Å². The number of benzene rings is 2. The number of hydrogen-bond donors (Lipinski definition) is 0. The molecule has 0 fully saturated rings. The van der Waals surface area contributed by atoms with E-state index < -0.39 is 184 Å². The van der Waals surface area contributed by atoms with E-state index in [0.29, 0.717) is 0 Å². The maximum absolute atomic E-state index is 15.4. The molecule has 0 amide bonds. The zero-order valence-corrected chi connectivity index (χ0v) is 29.5. The van der Waals surface area contributed by atoms with Crippen LogP contribution in [0.5, 0.6) is 0 Å². The minimum atomic E-state index is -2.66. The van der Waals surface area contributed by atoms with Gasteiger partial charge in [0.05, 0.1) is 28.3 Å². The van der Waals surface area contributed by atoms with Crippen molar-refractivity contribution in [2.24, 2.45) is 0 Å². The van der Waals surface area contributed by atoms with Crippen LogP contribution < -0.4 is 20.9 Å². The number of rotatable bonds is 0. The average Bonchev–Trinajstić information content (AvgIpc) is 3.92. The Balaban J connectivity index is 0.00000455. The summed E-state index contributed by atoms with van der Waals surface area (Å²) in [6, 6.07) is 0. The molecule has 2 aromatic heterocycles. The van der Waals surface area contributed by atoms with E-state index in [4.69, 9.17) is 0 Å². The normalized spacial score (nSPS) is 18.4. The smallest absolute Gasteiger partial charge is 0.361 e. The number of allylic oxidation sites excluding steroid dienone is 8. The van der Waals surface area contributed by atoms with Gasteiger partial charge in [-0.25, -0.2) is 85.2 Å². The van der Waals surface area contributed by atoms with Crippen molar-refractivity contribution in [2.45, 2.75) is 11.8 Å². The first-order valence-electron chi connectivity index (χ1n) is 14.8. The van der Waals surface area contributed by atoms with Crippen molar-refractivity contribution in [3.63, 3.8) is 0 Å². The molecule has 2 atom stereocenters. The van der Waals surface area contributed by atoms with Crippen LogP contribution in [0.15, 0.2) is 46.6 Å². The van der Waals surface area contributed by atoms with Crippen LogP contribution in [-0.4, -0.2) is 29.9 Å². The van der Waals surface area contributed by atoms with E-state index in [1.54, 1.807) is 0 Å². The van der Waals surface area contributed by atoms with Crippen LogP contribution in [0.4, 0.5) is 70.2 Å². The monoisotopic (exact) mass is 866 g/mol. The van der Waals surface area contributed by atoms with E-state index in [-0.39, 0.29) is 19.5 Å². The standard InChI is InChI=1S/C32H2F16N8.Zn/c33-9-1-2(10(34)18(42)17(9)41)26-49-25(1)53-27-3-4(12(36)20(44)19(43)11(3)35)29(50-27)55-31-7-8(16(40)24(48)23(47)15(7)39)32(52-31)56-30-6-5(28(51-30)54-26)13(37)21(45)22(46)14(6)38;/h1,4H;/q-2;+2. The van der Waals surface area contributed by atoms with Gasteiger partial charge in [-0.3, -0.25) is 0 Å². The van der Waals surface area contributed by atoms with Gasteiger partial charge in [0, 0.05) is 44.5 Å². The summed E-state index contributed by atoms with van der Waals surface area (Å²) in [5, 5.41) is -3.01. The van der Waals surface area contributed by atoms with Crippen LogP contribution in [0.2, 0.25) is 0 Å². The number of hydrogen-bond acceptors (Lipinski definition) is 6. The van der Waals surface area contributed by atoms with E-state index in [1.165, 1.54) is 0 Å². The summed E-state index contributed by atoms with van der Waals surface area (Å²) in [7, 11) is 0. The minimum absolute atomic E-state index is 0. The molecular weight excluding hydrogens is 866 g/mol. The Morgan fingerprint density at radius 1 is 0.386 bits per heavy atom. The fourth-order valence-corrected chi connectivity index (χ4v) is 6.42. The number of nitrogens with zero attached hydrogens (tertiary/aromatic N) is 8. The Hall–Kier alpha value is -6.00. The second-order valence-electron chi connectivity index (χ2n) is 11.8. The summed E-state index contributed by atoms with van der Waals surface area (Å²) in [5.41, 5.74) is -11.4. The molecule has 2 aliphatic carbocycles. The third-order valence-corrected chi connectivity index (χ3v) is 8.90. The van der Waals surface area contributed by atoms with Crippen LogP contribution in [0.3, 0.4) is 0 Å². The van der Waals surface area contributed by atoms with Crippen molar-refractivity contribution in [1.29, 1.82) is 0 Å². The van der Waals surface area contributed by atoms with Crippen molar-refractivity contribution in [3.8, 4) is 22.8 Å². The maximum atomic E-state index is 15.4. The molecular formula is C32H2F16N8Zn. The average molecular weight is 868 g/mol. The Morgan fingerprint density at radius 2 is 0.860 bits per heavy atom. The third-order valence-electron chi connectivity index (χ3n) is 8.90. The van der Waals surface area contributed by atoms with Gasteiger partial charge < -0.3 is 24.9 Å². The molecule has 0 saturated heterocycles. The van der Waals surface area contributed by atoms with Gasteiger partial charge in [0.25, 0.3) is 0 Å². The number of aromatic nitrogens is 8. The molecule has 2 aromatic carbocycles. The summed E-state index contributed by atoms with van der Waals surface area (Å²) in [5.74, 6) is -49.4. The predicted molar refractivity (Wildman–Crippen MR) is 152 cm³/mol. The summed E-state index contributed by atoms with van der Waals surface area (Å²) in [4.78, 5) is 28.5. The van der Waals surface area contributed by atoms with Crippen molar-refractivity contribution in [2.75, 3.05) is 0 Å². The minimum Gasteiger partial charge on any atom is -0.361 e. The Labute approximate surface area is 312 Å². The summed E-state index contributed by atoms with van der Waals surface area (Å²) in [6.07, 6.45) is 0. The van der Waals surface area contributed by atoms with Gasteiger partial charge >= 0.3 is 19.5 Å². The van der Waals surface area contributed by atoms with E-state index in [1.807, 2.05) is 0 Å². The molecule has 9 rings (SSSR count). The van der Waals surface area contributed by atoms with E-state index in [9.17, 15) is 35.1 Å². The quantitative estimate of drug-likeness (QED) is 0.0712. The van der Waals surface area contributed by atoms with Crippen molar-refractivity contribution in [3.05, 3.63) is 116 Å². The second-order valence-corrected chi connectivity index (χ2v) is 11.8. The van der Waals surface area contributed by atoms with Gasteiger partial charge in [-0.05, 0) is 0 Å². The molecule has 0 spiro atoms. The molecule has 5 aliphatic rings. The molecule has 0 N–H and O–H groups in total. The zero-order valence-electron chi connectivity index (χ0n) is 26.5. The molecule has 3 aliphatic heterocycles. The molecule has 0 saturated carbocycles. The van der Waals surface area contributed by atoms with E-state index in [2.05, 4.69) is 39.9 Å². The number of halogens is 16. The van der Waals surface area contributed by atoms with Crippen LogP contribution in [-0.2, 0) is 19.5 Å². The Kier molecular flexibility index (Phi) is 8.31. The Bertz CT molecular complexity index is 3130. The molecule has 57 heavy (non-hydrogen) atoms. The van der Waals surface area contributed by atoms with E-state index in [0.717, 1.165) is 0 Å². The summed E-state index contributed by atoms with van der Waals surface area (Å²) < 4.78 is 240. The second kappa shape index (κ2) is 12.5. The third kappa shape index (κ3) is 4.86. The van der Waals surface area contributed by atoms with Gasteiger partial charge in [0.1, 0.15) is 11.7 Å². The van der Waals surface area contributed by atoms with Crippen LogP contribution in [0.1, 0.15) is 23.5 Å². The SMILES string of the molecule is FC1=C(F)C2=c3nc(nc4nc(nc5[n-]c(nc6[n-]c(n3)C3C(F)=C(F)C(F)=C(F)C=63)c3c(F)c(F)c(F)c(F)c53)-c3c(F)c(F)c(F)c(F)c3-4)C2C(F)=C1F.[Zn+2]. The van der Waals surface area contributed by atoms with Crippen LogP contribution in [0.25, 0.3) is 56.0 Å². The zero-order chi connectivity index (χ0) is 40.1. The fourth-order valence-electron chi connectivity index (χ4n) is 6.42. The van der Waals surface area contributed by atoms with Gasteiger partial charge in [0.15, 0.2) is 99.0 Å². The molecule has 0 radical (unpaired) electrons.